The highest BCUT2D eigenvalue weighted by molar-refractivity contribution is 9.10. The Morgan fingerprint density at radius 1 is 1.35 bits per heavy atom. The van der Waals surface area contributed by atoms with Crippen molar-refractivity contribution in [3.8, 4) is 0 Å². The molecule has 0 unspecified atom stereocenters. The number of amides is 1. The Morgan fingerprint density at radius 3 is 2.70 bits per heavy atom. The lowest BCUT2D eigenvalue weighted by Crippen LogP contribution is -2.45. The number of nitrogens with one attached hydrogen (secondary N) is 2. The summed E-state index contributed by atoms with van der Waals surface area (Å²) in [4.78, 5) is 22.1. The maximum absolute atomic E-state index is 12.3. The summed E-state index contributed by atoms with van der Waals surface area (Å²) in [6.07, 6.45) is 1.83. The van der Waals surface area contributed by atoms with Gasteiger partial charge in [0.1, 0.15) is 16.1 Å². The Bertz CT molecular complexity index is 688. The molecule has 0 saturated carbocycles. The second-order valence-electron chi connectivity index (χ2n) is 5.71. The third-order valence-electron chi connectivity index (χ3n) is 4.05. The third-order valence-corrected chi connectivity index (χ3v) is 5.32. The Morgan fingerprint density at radius 2 is 2.09 bits per heavy atom. The predicted octanol–water partition coefficient (Wildman–Crippen LogP) is 3.64. The lowest BCUT2D eigenvalue weighted by atomic mass is 10.0. The van der Waals surface area contributed by atoms with E-state index in [1.54, 1.807) is 0 Å². The first kappa shape index (κ1) is 16.5. The standard InChI is InChI=1S/C16H18Br2N4O/c1-10-12(17)9-13(19-10)16(23)20-11-5-7-22(8-6-11)15-4-2-3-14(18)21-15/h2-4,9,11,19H,5-8H2,1H3,(H,20,23). The number of hydrogen-bond donors (Lipinski definition) is 2. The SMILES string of the molecule is Cc1[nH]c(C(=O)NC2CCN(c3cccc(Br)n3)CC2)cc1Br. The average Bonchev–Trinajstić information content (AvgIpc) is 2.88. The summed E-state index contributed by atoms with van der Waals surface area (Å²) in [5.74, 6) is 0.936. The number of carbonyl (C=O) groups excluding carboxylic acids is 1. The van der Waals surface area contributed by atoms with Gasteiger partial charge in [-0.15, -0.1) is 0 Å². The number of piperidine rings is 1. The fourth-order valence-electron chi connectivity index (χ4n) is 2.74. The van der Waals surface area contributed by atoms with Crippen LogP contribution in [-0.2, 0) is 0 Å². The van der Waals surface area contributed by atoms with Gasteiger partial charge in [0.05, 0.1) is 0 Å². The number of H-pyrrole nitrogens is 1. The van der Waals surface area contributed by atoms with Gasteiger partial charge in [0, 0.05) is 29.3 Å². The van der Waals surface area contributed by atoms with Gasteiger partial charge in [-0.05, 0) is 69.8 Å². The van der Waals surface area contributed by atoms with Gasteiger partial charge in [-0.2, -0.15) is 0 Å². The number of aromatic amines is 1. The fraction of sp³-hybridized carbons (Fsp3) is 0.375. The van der Waals surface area contributed by atoms with Crippen LogP contribution in [-0.4, -0.2) is 35.0 Å². The molecule has 122 valence electrons. The zero-order chi connectivity index (χ0) is 16.4. The van der Waals surface area contributed by atoms with Gasteiger partial charge in [-0.1, -0.05) is 6.07 Å². The van der Waals surface area contributed by atoms with Crippen molar-refractivity contribution in [2.24, 2.45) is 0 Å². The molecule has 0 spiro atoms. The highest BCUT2D eigenvalue weighted by Crippen LogP contribution is 2.21. The van der Waals surface area contributed by atoms with E-state index in [1.165, 1.54) is 0 Å². The van der Waals surface area contributed by atoms with Gasteiger partial charge in [0.25, 0.3) is 5.91 Å². The maximum atomic E-state index is 12.3. The topological polar surface area (TPSA) is 61.0 Å². The van der Waals surface area contributed by atoms with Gasteiger partial charge in [0.2, 0.25) is 0 Å². The first-order chi connectivity index (χ1) is 11.0. The number of pyridine rings is 1. The molecule has 3 rings (SSSR count). The normalized spacial score (nSPS) is 15.7. The van der Waals surface area contributed by atoms with Gasteiger partial charge >= 0.3 is 0 Å². The van der Waals surface area contributed by atoms with Crippen LogP contribution >= 0.6 is 31.9 Å². The summed E-state index contributed by atoms with van der Waals surface area (Å²) >= 11 is 6.83. The number of rotatable bonds is 3. The smallest absolute Gasteiger partial charge is 0.267 e. The molecule has 2 aromatic rings. The van der Waals surface area contributed by atoms with Crippen molar-refractivity contribution in [3.05, 3.63) is 44.7 Å². The highest BCUT2D eigenvalue weighted by Gasteiger charge is 2.22. The number of carbonyl (C=O) groups is 1. The van der Waals surface area contributed by atoms with E-state index in [9.17, 15) is 4.79 Å². The van der Waals surface area contributed by atoms with Crippen LogP contribution in [0, 0.1) is 6.92 Å². The van der Waals surface area contributed by atoms with Crippen LogP contribution in [0.2, 0.25) is 0 Å². The van der Waals surface area contributed by atoms with Crippen molar-refractivity contribution in [1.29, 1.82) is 0 Å². The molecule has 0 aliphatic carbocycles. The summed E-state index contributed by atoms with van der Waals surface area (Å²) < 4.78 is 1.77. The van der Waals surface area contributed by atoms with Crippen LogP contribution in [0.5, 0.6) is 0 Å². The second kappa shape index (κ2) is 7.05. The van der Waals surface area contributed by atoms with Crippen molar-refractivity contribution >= 4 is 43.6 Å². The molecule has 0 bridgehead atoms. The first-order valence-electron chi connectivity index (χ1n) is 7.56. The molecular formula is C16H18Br2N4O. The lowest BCUT2D eigenvalue weighted by molar-refractivity contribution is 0.0926. The van der Waals surface area contributed by atoms with E-state index in [4.69, 9.17) is 0 Å². The third kappa shape index (κ3) is 3.95. The number of anilines is 1. The Labute approximate surface area is 152 Å². The molecule has 0 atom stereocenters. The molecule has 0 aromatic carbocycles. The molecular weight excluding hydrogens is 424 g/mol. The van der Waals surface area contributed by atoms with Crippen LogP contribution < -0.4 is 10.2 Å². The molecule has 1 aliphatic rings. The van der Waals surface area contributed by atoms with Gasteiger partial charge in [-0.25, -0.2) is 4.98 Å². The van der Waals surface area contributed by atoms with Crippen LogP contribution in [0.1, 0.15) is 29.0 Å². The van der Waals surface area contributed by atoms with E-state index >= 15 is 0 Å². The van der Waals surface area contributed by atoms with E-state index in [2.05, 4.69) is 52.0 Å². The quantitative estimate of drug-likeness (QED) is 0.714. The number of halogens is 2. The van der Waals surface area contributed by atoms with Crippen molar-refractivity contribution < 1.29 is 4.79 Å². The number of hydrogen-bond acceptors (Lipinski definition) is 3. The number of aromatic nitrogens is 2. The summed E-state index contributed by atoms with van der Waals surface area (Å²) in [7, 11) is 0. The highest BCUT2D eigenvalue weighted by atomic mass is 79.9. The summed E-state index contributed by atoms with van der Waals surface area (Å²) in [5, 5.41) is 3.11. The van der Waals surface area contributed by atoms with Crippen molar-refractivity contribution in [2.75, 3.05) is 18.0 Å². The van der Waals surface area contributed by atoms with E-state index in [1.807, 2.05) is 31.2 Å². The van der Waals surface area contributed by atoms with Crippen molar-refractivity contribution in [3.63, 3.8) is 0 Å². The zero-order valence-corrected chi connectivity index (χ0v) is 15.9. The van der Waals surface area contributed by atoms with Crippen molar-refractivity contribution in [1.82, 2.24) is 15.3 Å². The predicted molar refractivity (Wildman–Crippen MR) is 97.9 cm³/mol. The first-order valence-corrected chi connectivity index (χ1v) is 9.15. The summed E-state index contributed by atoms with van der Waals surface area (Å²) in [5.41, 5.74) is 1.57. The molecule has 2 N–H and O–H groups in total. The van der Waals surface area contributed by atoms with E-state index in [-0.39, 0.29) is 11.9 Å². The minimum absolute atomic E-state index is 0.0437. The molecule has 1 saturated heterocycles. The van der Waals surface area contributed by atoms with E-state index < -0.39 is 0 Å². The molecule has 23 heavy (non-hydrogen) atoms. The van der Waals surface area contributed by atoms with Gasteiger partial charge < -0.3 is 15.2 Å². The van der Waals surface area contributed by atoms with E-state index in [0.29, 0.717) is 5.69 Å². The minimum atomic E-state index is -0.0437. The van der Waals surface area contributed by atoms with Gasteiger partial charge in [-0.3, -0.25) is 4.79 Å². The largest absolute Gasteiger partial charge is 0.356 e. The molecule has 1 amide bonds. The molecule has 2 aromatic heterocycles. The summed E-state index contributed by atoms with van der Waals surface area (Å²) in [6.45, 7) is 3.72. The molecule has 7 heteroatoms. The Balaban J connectivity index is 1.56. The molecule has 3 heterocycles. The molecule has 1 fully saturated rings. The number of aryl methyl sites for hydroxylation is 1. The second-order valence-corrected chi connectivity index (χ2v) is 7.38. The Hall–Kier alpha value is -1.34. The van der Waals surface area contributed by atoms with Crippen LogP contribution in [0.3, 0.4) is 0 Å². The minimum Gasteiger partial charge on any atom is -0.356 e. The maximum Gasteiger partial charge on any atom is 0.267 e. The van der Waals surface area contributed by atoms with E-state index in [0.717, 1.165) is 46.5 Å². The average molecular weight is 442 g/mol. The molecule has 0 radical (unpaired) electrons. The zero-order valence-electron chi connectivity index (χ0n) is 12.8. The van der Waals surface area contributed by atoms with Crippen molar-refractivity contribution in [2.45, 2.75) is 25.8 Å². The Kier molecular flexibility index (Phi) is 5.06. The lowest BCUT2D eigenvalue weighted by Gasteiger charge is -2.33. The number of nitrogens with zero attached hydrogens (tertiary/aromatic N) is 2. The van der Waals surface area contributed by atoms with Crippen LogP contribution in [0.15, 0.2) is 33.3 Å². The molecule has 1 aliphatic heterocycles. The van der Waals surface area contributed by atoms with Gasteiger partial charge in [0.15, 0.2) is 0 Å². The molecule has 5 nitrogen and oxygen atoms in total. The van der Waals surface area contributed by atoms with Crippen LogP contribution in [0.4, 0.5) is 5.82 Å². The monoisotopic (exact) mass is 440 g/mol. The summed E-state index contributed by atoms with van der Waals surface area (Å²) in [6, 6.07) is 7.96. The fourth-order valence-corrected chi connectivity index (χ4v) is 3.41. The van der Waals surface area contributed by atoms with Crippen LogP contribution in [0.25, 0.3) is 0 Å².